The quantitative estimate of drug-likeness (QED) is 0.0252. The van der Waals surface area contributed by atoms with Gasteiger partial charge < -0.3 is 53.5 Å². The Morgan fingerprint density at radius 1 is 0.317 bits per heavy atom. The Bertz CT molecular complexity index is 2080. The Labute approximate surface area is 388 Å². The molecule has 12 heteroatoms. The van der Waals surface area contributed by atoms with E-state index in [-0.39, 0.29) is 60.0 Å². The largest absolute Gasteiger partial charge is 1.00 e. The van der Waals surface area contributed by atoms with Crippen LogP contribution in [0.15, 0.2) is 199 Å². The van der Waals surface area contributed by atoms with Gasteiger partial charge >= 0.3 is 29.6 Å². The zero-order chi connectivity index (χ0) is 43.6. The molecule has 0 aliphatic carbocycles. The molecule has 0 aromatic heterocycles. The van der Waals surface area contributed by atoms with Gasteiger partial charge in [0.25, 0.3) is 0 Å². The van der Waals surface area contributed by atoms with E-state index in [1.54, 1.807) is 48.5 Å². The summed E-state index contributed by atoms with van der Waals surface area (Å²) in [5, 5.41) is 48.4. The van der Waals surface area contributed by atoms with Crippen molar-refractivity contribution < 1.29 is 50.0 Å². The average molecular weight is 850 g/mol. The van der Waals surface area contributed by atoms with Gasteiger partial charge in [0, 0.05) is 22.7 Å². The normalized spacial score (nSPS) is 10.6. The van der Waals surface area contributed by atoms with Crippen molar-refractivity contribution in [1.29, 1.82) is 0 Å². The molecular weight excluding hydrogens is 802 g/mol. The number of nitrogens with zero attached hydrogens (tertiary/aromatic N) is 1. The molecule has 0 heterocycles. The molecule has 8 aromatic carbocycles. The number of phenols is 4. The molecule has 0 saturated heterocycles. The maximum atomic E-state index is 9.84. The molecule has 0 aliphatic rings. The van der Waals surface area contributed by atoms with Crippen LogP contribution in [0.5, 0.6) is 23.0 Å². The predicted octanol–water partition coefficient (Wildman–Crippen LogP) is 7.18. The third-order valence-corrected chi connectivity index (χ3v) is 10.6. The van der Waals surface area contributed by atoms with Gasteiger partial charge in [-0.3, -0.25) is 0 Å². The Kier molecular flexibility index (Phi) is 16.4. The number of phenolic OH excluding ortho intramolecular Hbond substituents is 4. The van der Waals surface area contributed by atoms with Crippen molar-refractivity contribution >= 4 is 22.7 Å². The van der Waals surface area contributed by atoms with E-state index in [0.717, 1.165) is 72.6 Å². The third-order valence-electron chi connectivity index (χ3n) is 10.6. The molecule has 314 valence electrons. The van der Waals surface area contributed by atoms with Crippen molar-refractivity contribution in [1.82, 2.24) is 0 Å². The fourth-order valence-corrected chi connectivity index (χ4v) is 7.78. The smallest absolute Gasteiger partial charge is 0.508 e. The Hall–Kier alpha value is -7.44. The number of hydrogen-bond acceptors (Lipinski definition) is 11. The summed E-state index contributed by atoms with van der Waals surface area (Å²) >= 11 is 0. The van der Waals surface area contributed by atoms with E-state index in [1.165, 1.54) is 0 Å². The molecule has 0 atom stereocenters. The number of anilines is 4. The van der Waals surface area contributed by atoms with E-state index in [1.807, 2.05) is 97.1 Å². The first-order valence-electron chi connectivity index (χ1n) is 19.0. The first kappa shape index (κ1) is 48.2. The predicted molar refractivity (Wildman–Crippen MR) is 250 cm³/mol. The van der Waals surface area contributed by atoms with E-state index in [0.29, 0.717) is 0 Å². The first-order valence-corrected chi connectivity index (χ1v) is 19.0. The van der Waals surface area contributed by atoms with Crippen LogP contribution >= 0.6 is 0 Å². The molecule has 0 radical (unpaired) electrons. The van der Waals surface area contributed by atoms with Gasteiger partial charge in [0.05, 0.1) is 10.8 Å². The number of hydrogen-bond donors (Lipinski definition) is 8. The van der Waals surface area contributed by atoms with Crippen molar-refractivity contribution in [3.05, 3.63) is 249 Å². The van der Waals surface area contributed by atoms with Gasteiger partial charge in [0.2, 0.25) is 0 Å². The molecule has 8 aromatic rings. The molecule has 0 unspecified atom stereocenters. The summed E-state index contributed by atoms with van der Waals surface area (Å²) in [4.78, 5) is 8.00. The van der Waals surface area contributed by atoms with Gasteiger partial charge in [0.1, 0.15) is 23.0 Å². The van der Waals surface area contributed by atoms with E-state index < -0.39 is 10.8 Å². The van der Waals surface area contributed by atoms with Crippen LogP contribution in [0.4, 0.5) is 22.7 Å². The molecule has 11 nitrogen and oxygen atoms in total. The van der Waals surface area contributed by atoms with Crippen molar-refractivity contribution in [2.45, 2.75) is 18.3 Å². The van der Waals surface area contributed by atoms with E-state index in [9.17, 15) is 20.4 Å². The van der Waals surface area contributed by atoms with Crippen LogP contribution in [-0.2, 0) is 10.8 Å². The third kappa shape index (κ3) is 10.4. The van der Waals surface area contributed by atoms with E-state index in [2.05, 4.69) is 48.5 Å². The van der Waals surface area contributed by atoms with Crippen LogP contribution in [0.3, 0.4) is 0 Å². The van der Waals surface area contributed by atoms with Gasteiger partial charge in [-0.1, -0.05) is 104 Å². The maximum Gasteiger partial charge on any atom is 1.00 e. The summed E-state index contributed by atoms with van der Waals surface area (Å²) in [6.45, 7) is 0. The number of aromatic hydroxyl groups is 4. The number of benzene rings is 8. The van der Waals surface area contributed by atoms with Gasteiger partial charge in [-0.15, -0.1) is 5.34 Å². The summed E-state index contributed by atoms with van der Waals surface area (Å²) in [7, 11) is 0. The summed E-state index contributed by atoms with van der Waals surface area (Å²) in [5.74, 6) is 0.629. The number of rotatable bonds is 8. The zero-order valence-corrected chi connectivity index (χ0v) is 35.8. The Morgan fingerprint density at radius 2 is 0.429 bits per heavy atom. The summed E-state index contributed by atoms with van der Waals surface area (Å²) < 4.78 is 0. The van der Waals surface area contributed by atoms with Crippen LogP contribution in [-0.4, -0.2) is 20.4 Å². The first-order chi connectivity index (χ1) is 29.4. The van der Waals surface area contributed by atoms with Crippen LogP contribution in [0.25, 0.3) is 0 Å². The van der Waals surface area contributed by atoms with Gasteiger partial charge in [-0.25, -0.2) is 0 Å². The van der Waals surface area contributed by atoms with Crippen molar-refractivity contribution in [2.24, 2.45) is 5.34 Å². The van der Waals surface area contributed by atoms with Gasteiger partial charge in [0.15, 0.2) is 0 Å². The number of nitrogens with two attached hydrogens (primary N) is 4. The standard InChI is InChI=1S/C25H24N4.C25H20O4.CH4.HNO2.Na/c2*26-21-9-1-17(2-10-21)25(18-3-11-22(27)12-4-18,19-5-13-23(28)14-6-19)20-7-15-24(29)16-8-20;;2-1-3;/h1-16H,26-29H2;1-16,26-29H;1H4;(H,2,3);/q;;;;+1/p-1. The molecule has 0 fully saturated rings. The van der Waals surface area contributed by atoms with Crippen LogP contribution in [0, 0.1) is 10.1 Å². The monoisotopic (exact) mass is 849 g/mol. The second-order valence-corrected chi connectivity index (χ2v) is 14.3. The molecule has 63 heavy (non-hydrogen) atoms. The second-order valence-electron chi connectivity index (χ2n) is 14.3. The van der Waals surface area contributed by atoms with Crippen molar-refractivity contribution in [2.75, 3.05) is 22.9 Å². The van der Waals surface area contributed by atoms with Crippen LogP contribution in [0.2, 0.25) is 0 Å². The Balaban J connectivity index is 0.000000253. The molecular formula is C51H48N5NaO6. The molecule has 0 saturated carbocycles. The molecule has 0 spiro atoms. The van der Waals surface area contributed by atoms with Crippen molar-refractivity contribution in [3.63, 3.8) is 0 Å². The molecule has 0 aliphatic heterocycles. The number of nitrogen functional groups attached to an aromatic ring is 4. The molecule has 0 bridgehead atoms. The molecule has 12 N–H and O–H groups in total. The minimum Gasteiger partial charge on any atom is -0.508 e. The fraction of sp³-hybridized carbons (Fsp3) is 0.0588. The van der Waals surface area contributed by atoms with E-state index >= 15 is 0 Å². The summed E-state index contributed by atoms with van der Waals surface area (Å²) in [6.07, 6.45) is 0. The maximum absolute atomic E-state index is 9.84. The molecule has 8 rings (SSSR count). The Morgan fingerprint density at radius 3 is 0.556 bits per heavy atom. The fourth-order valence-electron chi connectivity index (χ4n) is 7.78. The van der Waals surface area contributed by atoms with Crippen LogP contribution in [0.1, 0.15) is 51.9 Å². The van der Waals surface area contributed by atoms with Gasteiger partial charge in [-0.2, -0.15) is 0 Å². The summed E-state index contributed by atoms with van der Waals surface area (Å²) in [6, 6.07) is 59.8. The SMILES string of the molecule is C.Nc1ccc(C(c2ccc(N)cc2)(c2ccc(N)cc2)c2ccc(N)cc2)cc1.O=N[O-].Oc1ccc(C(c2ccc(O)cc2)(c2ccc(O)cc2)c2ccc(O)cc2)cc1.[Na+]. The van der Waals surface area contributed by atoms with Gasteiger partial charge in [-0.05, 0) is 142 Å². The zero-order valence-electron chi connectivity index (χ0n) is 33.8. The molecule has 0 amide bonds. The minimum absolute atomic E-state index is 0. The summed E-state index contributed by atoms with van der Waals surface area (Å²) in [5.41, 5.74) is 33.4. The topological polar surface area (TPSA) is 237 Å². The van der Waals surface area contributed by atoms with Crippen LogP contribution < -0.4 is 52.5 Å². The van der Waals surface area contributed by atoms with Crippen molar-refractivity contribution in [3.8, 4) is 23.0 Å². The average Bonchev–Trinajstić information content (AvgIpc) is 3.26. The van der Waals surface area contributed by atoms with E-state index in [4.69, 9.17) is 33.0 Å². The second kappa shape index (κ2) is 21.4. The minimum atomic E-state index is -0.803.